The number of rotatable bonds is 4. The van der Waals surface area contributed by atoms with Gasteiger partial charge >= 0.3 is 0 Å². The first kappa shape index (κ1) is 16.2. The van der Waals surface area contributed by atoms with Gasteiger partial charge in [0.2, 0.25) is 5.95 Å². The highest BCUT2D eigenvalue weighted by molar-refractivity contribution is 7.09. The van der Waals surface area contributed by atoms with E-state index >= 15 is 0 Å². The van der Waals surface area contributed by atoms with E-state index in [0.717, 1.165) is 28.9 Å². The largest absolute Gasteiger partial charge is 0.325 e. The molecule has 1 fully saturated rings. The summed E-state index contributed by atoms with van der Waals surface area (Å²) in [7, 11) is 0. The lowest BCUT2D eigenvalue weighted by molar-refractivity contribution is 0.102. The molecule has 2 aromatic heterocycles. The molecule has 1 amide bonds. The van der Waals surface area contributed by atoms with Gasteiger partial charge < -0.3 is 10.3 Å². The summed E-state index contributed by atoms with van der Waals surface area (Å²) in [4.78, 5) is 21.5. The average Bonchev–Trinajstić information content (AvgIpc) is 3.26. The molecule has 1 aliphatic carbocycles. The minimum absolute atomic E-state index is 0.233. The van der Waals surface area contributed by atoms with E-state index in [4.69, 9.17) is 5.73 Å². The van der Waals surface area contributed by atoms with E-state index in [1.807, 2.05) is 18.2 Å². The lowest BCUT2D eigenvalue weighted by atomic mass is 9.95. The third-order valence-corrected chi connectivity index (χ3v) is 5.59. The zero-order valence-corrected chi connectivity index (χ0v) is 14.8. The van der Waals surface area contributed by atoms with Crippen LogP contribution in [0, 0.1) is 0 Å². The van der Waals surface area contributed by atoms with Gasteiger partial charge in [-0.3, -0.25) is 10.1 Å². The number of carbonyl (C=O) groups is 1. The van der Waals surface area contributed by atoms with Crippen molar-refractivity contribution in [2.45, 2.75) is 44.7 Å². The molecule has 0 unspecified atom stereocenters. The van der Waals surface area contributed by atoms with Gasteiger partial charge in [-0.1, -0.05) is 31.4 Å². The molecule has 0 spiro atoms. The summed E-state index contributed by atoms with van der Waals surface area (Å²) in [6.07, 6.45) is 5.97. The number of fused-ring (bicyclic) bond motifs is 1. The van der Waals surface area contributed by atoms with Crippen LogP contribution in [0.2, 0.25) is 0 Å². The number of para-hydroxylation sites is 2. The maximum absolute atomic E-state index is 12.6. The fourth-order valence-electron chi connectivity index (χ4n) is 3.52. The van der Waals surface area contributed by atoms with Gasteiger partial charge in [-0.15, -0.1) is 11.3 Å². The van der Waals surface area contributed by atoms with E-state index < -0.39 is 0 Å². The summed E-state index contributed by atoms with van der Waals surface area (Å²) in [6.45, 7) is 0.346. The molecular formula is C18H21N5OS. The number of aromatic nitrogens is 3. The van der Waals surface area contributed by atoms with Gasteiger partial charge in [0.1, 0.15) is 10.7 Å². The quantitative estimate of drug-likeness (QED) is 0.747. The fourth-order valence-corrected chi connectivity index (χ4v) is 4.17. The summed E-state index contributed by atoms with van der Waals surface area (Å²) in [5.74, 6) is 0.378. The van der Waals surface area contributed by atoms with Crippen molar-refractivity contribution in [1.29, 1.82) is 0 Å². The van der Waals surface area contributed by atoms with Crippen LogP contribution in [0.3, 0.4) is 0 Å². The number of nitrogens with two attached hydrogens (primary N) is 1. The van der Waals surface area contributed by atoms with Crippen LogP contribution in [0.5, 0.6) is 0 Å². The molecule has 6 nitrogen and oxygen atoms in total. The molecule has 7 heteroatoms. The molecule has 25 heavy (non-hydrogen) atoms. The summed E-state index contributed by atoms with van der Waals surface area (Å²) < 4.78 is 2.20. The minimum atomic E-state index is -0.233. The monoisotopic (exact) mass is 355 g/mol. The molecule has 1 aromatic carbocycles. The second-order valence-electron chi connectivity index (χ2n) is 6.37. The van der Waals surface area contributed by atoms with Crippen LogP contribution >= 0.6 is 11.3 Å². The molecule has 0 atom stereocenters. The van der Waals surface area contributed by atoms with Crippen LogP contribution in [0.1, 0.15) is 53.6 Å². The number of imidazole rings is 1. The van der Waals surface area contributed by atoms with Gasteiger partial charge in [-0.05, 0) is 25.0 Å². The Labute approximate surface area is 150 Å². The molecule has 4 rings (SSSR count). The Morgan fingerprint density at radius 1 is 1.24 bits per heavy atom. The summed E-state index contributed by atoms with van der Waals surface area (Å²) in [6, 6.07) is 8.43. The van der Waals surface area contributed by atoms with Crippen LogP contribution in [0.25, 0.3) is 11.0 Å². The number of amides is 1. The van der Waals surface area contributed by atoms with Gasteiger partial charge in [0.25, 0.3) is 5.91 Å². The lowest BCUT2D eigenvalue weighted by Gasteiger charge is -2.25. The van der Waals surface area contributed by atoms with E-state index in [9.17, 15) is 4.79 Å². The highest BCUT2D eigenvalue weighted by Crippen LogP contribution is 2.34. The number of thiazole rings is 1. The second kappa shape index (κ2) is 6.93. The summed E-state index contributed by atoms with van der Waals surface area (Å²) in [5.41, 5.74) is 7.97. The zero-order chi connectivity index (χ0) is 17.2. The number of hydrogen-bond donors (Lipinski definition) is 2. The Bertz CT molecular complexity index is 894. The Hall–Kier alpha value is -2.25. The maximum Gasteiger partial charge on any atom is 0.277 e. The molecule has 3 N–H and O–H groups in total. The third kappa shape index (κ3) is 3.17. The molecule has 3 aromatic rings. The second-order valence-corrected chi connectivity index (χ2v) is 7.31. The first-order chi connectivity index (χ1) is 12.3. The van der Waals surface area contributed by atoms with Crippen LogP contribution < -0.4 is 11.1 Å². The van der Waals surface area contributed by atoms with Crippen molar-refractivity contribution in [1.82, 2.24) is 14.5 Å². The molecule has 0 aliphatic heterocycles. The standard InChI is InChI=1S/C18H21N5OS/c19-10-16-20-14(11-25-16)17(24)22-18-21-13-8-4-5-9-15(13)23(18)12-6-2-1-3-7-12/h4-5,8-9,11-12H,1-3,6-7,10,19H2,(H,21,22,24). The SMILES string of the molecule is NCc1nc(C(=O)Nc2nc3ccccc3n2C2CCCCC2)cs1. The highest BCUT2D eigenvalue weighted by atomic mass is 32.1. The van der Waals surface area contributed by atoms with Crippen molar-refractivity contribution in [3.63, 3.8) is 0 Å². The Morgan fingerprint density at radius 3 is 2.80 bits per heavy atom. The summed E-state index contributed by atoms with van der Waals surface area (Å²) in [5, 5.41) is 5.46. The minimum Gasteiger partial charge on any atom is -0.325 e. The van der Waals surface area contributed by atoms with Gasteiger partial charge in [-0.2, -0.15) is 0 Å². The van der Waals surface area contributed by atoms with E-state index in [0.29, 0.717) is 24.2 Å². The molecule has 2 heterocycles. The lowest BCUT2D eigenvalue weighted by Crippen LogP contribution is -2.20. The van der Waals surface area contributed by atoms with Crippen LogP contribution in [0.4, 0.5) is 5.95 Å². The molecule has 0 radical (unpaired) electrons. The molecule has 0 bridgehead atoms. The van der Waals surface area contributed by atoms with Gasteiger partial charge in [0.15, 0.2) is 0 Å². The predicted molar refractivity (Wildman–Crippen MR) is 99.8 cm³/mol. The van der Waals surface area contributed by atoms with Gasteiger partial charge in [0, 0.05) is 18.0 Å². The van der Waals surface area contributed by atoms with E-state index in [1.54, 1.807) is 5.38 Å². The molecule has 1 saturated carbocycles. The number of nitrogens with zero attached hydrogens (tertiary/aromatic N) is 3. The Balaban J connectivity index is 1.69. The van der Waals surface area contributed by atoms with Crippen molar-refractivity contribution in [3.05, 3.63) is 40.3 Å². The highest BCUT2D eigenvalue weighted by Gasteiger charge is 2.23. The van der Waals surface area contributed by atoms with Crippen molar-refractivity contribution in [3.8, 4) is 0 Å². The molecule has 0 saturated heterocycles. The van der Waals surface area contributed by atoms with E-state index in [1.165, 1.54) is 30.6 Å². The van der Waals surface area contributed by atoms with Crippen LogP contribution in [-0.2, 0) is 6.54 Å². The number of nitrogens with one attached hydrogen (secondary N) is 1. The van der Waals surface area contributed by atoms with Gasteiger partial charge in [-0.25, -0.2) is 9.97 Å². The van der Waals surface area contributed by atoms with E-state index in [-0.39, 0.29) is 5.91 Å². The predicted octanol–water partition coefficient (Wildman–Crippen LogP) is 3.71. The molecule has 130 valence electrons. The first-order valence-corrected chi connectivity index (χ1v) is 9.57. The Morgan fingerprint density at radius 2 is 2.04 bits per heavy atom. The van der Waals surface area contributed by atoms with Crippen molar-refractivity contribution < 1.29 is 4.79 Å². The number of hydrogen-bond acceptors (Lipinski definition) is 5. The zero-order valence-electron chi connectivity index (χ0n) is 13.9. The normalized spacial score (nSPS) is 15.6. The number of anilines is 1. The smallest absolute Gasteiger partial charge is 0.277 e. The van der Waals surface area contributed by atoms with E-state index in [2.05, 4.69) is 25.9 Å². The topological polar surface area (TPSA) is 85.8 Å². The maximum atomic E-state index is 12.6. The number of benzene rings is 1. The first-order valence-electron chi connectivity index (χ1n) is 8.69. The average molecular weight is 355 g/mol. The van der Waals surface area contributed by atoms with Gasteiger partial charge in [0.05, 0.1) is 11.0 Å². The molecular weight excluding hydrogens is 334 g/mol. The third-order valence-electron chi connectivity index (χ3n) is 4.72. The summed E-state index contributed by atoms with van der Waals surface area (Å²) >= 11 is 1.40. The van der Waals surface area contributed by atoms with Crippen molar-refractivity contribution >= 4 is 34.2 Å². The number of carbonyl (C=O) groups excluding carboxylic acids is 1. The van der Waals surface area contributed by atoms with Crippen molar-refractivity contribution in [2.24, 2.45) is 5.73 Å². The van der Waals surface area contributed by atoms with Crippen LogP contribution in [0.15, 0.2) is 29.6 Å². The van der Waals surface area contributed by atoms with Crippen molar-refractivity contribution in [2.75, 3.05) is 5.32 Å². The Kier molecular flexibility index (Phi) is 4.50. The fraction of sp³-hybridized carbons (Fsp3) is 0.389. The molecule has 1 aliphatic rings. The van der Waals surface area contributed by atoms with Crippen LogP contribution in [-0.4, -0.2) is 20.4 Å².